The van der Waals surface area contributed by atoms with Crippen LogP contribution in [0.4, 0.5) is 16.0 Å². The zero-order valence-corrected chi connectivity index (χ0v) is 14.3. The molecular formula is C19H15FN6O. The molecule has 3 heterocycles. The summed E-state index contributed by atoms with van der Waals surface area (Å²) < 4.78 is 13.8. The Morgan fingerprint density at radius 3 is 2.85 bits per heavy atom. The maximum Gasteiger partial charge on any atom is 0.251 e. The number of halogens is 1. The number of amides is 1. The number of aromatic amines is 1. The highest BCUT2D eigenvalue weighted by Gasteiger charge is 2.34. The Hall–Kier alpha value is -3.60. The molecule has 4 rings (SSSR count). The lowest BCUT2D eigenvalue weighted by Gasteiger charge is -2.12. The highest BCUT2D eigenvalue weighted by Crippen LogP contribution is 2.28. The standard InChI is InChI=1S/C19H15FN6O/c1-21-16-3-2-12(11-15(16)20)10-14-6-9-26(18(14)27)19-23-17(24-25-19)13-4-7-22-8-5-13/h2-5,7-8,11,14H,6,9-10H2,(H,23,24,25)/t14-/m0/s1. The second-order valence-corrected chi connectivity index (χ2v) is 6.30. The predicted octanol–water partition coefficient (Wildman–Crippen LogP) is 3.15. The van der Waals surface area contributed by atoms with Crippen molar-refractivity contribution in [3.05, 3.63) is 65.5 Å². The molecule has 1 aromatic carbocycles. The van der Waals surface area contributed by atoms with Gasteiger partial charge in [0.05, 0.1) is 6.57 Å². The smallest absolute Gasteiger partial charge is 0.251 e. The highest BCUT2D eigenvalue weighted by atomic mass is 19.1. The van der Waals surface area contributed by atoms with Crippen molar-refractivity contribution < 1.29 is 9.18 Å². The fourth-order valence-corrected chi connectivity index (χ4v) is 3.19. The van der Waals surface area contributed by atoms with Gasteiger partial charge in [0.25, 0.3) is 5.95 Å². The Balaban J connectivity index is 1.48. The van der Waals surface area contributed by atoms with Crippen molar-refractivity contribution in [1.29, 1.82) is 0 Å². The van der Waals surface area contributed by atoms with Crippen LogP contribution in [0.15, 0.2) is 42.7 Å². The molecule has 3 aromatic rings. The number of benzene rings is 1. The summed E-state index contributed by atoms with van der Waals surface area (Å²) in [5.74, 6) is 0.0149. The van der Waals surface area contributed by atoms with Crippen LogP contribution in [0.3, 0.4) is 0 Å². The summed E-state index contributed by atoms with van der Waals surface area (Å²) >= 11 is 0. The van der Waals surface area contributed by atoms with Crippen molar-refractivity contribution in [2.75, 3.05) is 11.4 Å². The highest BCUT2D eigenvalue weighted by molar-refractivity contribution is 5.95. The number of nitrogens with one attached hydrogen (secondary N) is 1. The van der Waals surface area contributed by atoms with E-state index in [-0.39, 0.29) is 17.5 Å². The van der Waals surface area contributed by atoms with Gasteiger partial charge in [0.15, 0.2) is 5.82 Å². The van der Waals surface area contributed by atoms with Crippen LogP contribution >= 0.6 is 0 Å². The maximum absolute atomic E-state index is 13.8. The van der Waals surface area contributed by atoms with E-state index in [4.69, 9.17) is 6.57 Å². The fourth-order valence-electron chi connectivity index (χ4n) is 3.19. The number of hydrogen-bond donors (Lipinski definition) is 1. The summed E-state index contributed by atoms with van der Waals surface area (Å²) in [6.07, 6.45) is 4.39. The Kier molecular flexibility index (Phi) is 4.34. The SMILES string of the molecule is [C-]#[N+]c1ccc(C[C@@H]2CCN(c3n[nH]c(-c4ccncc4)n3)C2=O)cc1F. The van der Waals surface area contributed by atoms with Gasteiger partial charge in [-0.3, -0.25) is 19.8 Å². The first-order valence-corrected chi connectivity index (χ1v) is 8.46. The van der Waals surface area contributed by atoms with Crippen LogP contribution < -0.4 is 4.90 Å². The normalized spacial score (nSPS) is 16.5. The molecule has 134 valence electrons. The van der Waals surface area contributed by atoms with E-state index in [1.165, 1.54) is 12.1 Å². The molecule has 0 radical (unpaired) electrons. The number of anilines is 1. The number of hydrogen-bond acceptors (Lipinski definition) is 4. The molecule has 0 saturated carbocycles. The van der Waals surface area contributed by atoms with Gasteiger partial charge in [-0.15, -0.1) is 5.10 Å². The minimum absolute atomic E-state index is 0.0116. The van der Waals surface area contributed by atoms with Crippen LogP contribution in [0, 0.1) is 18.3 Å². The molecule has 1 N–H and O–H groups in total. The Labute approximate surface area is 154 Å². The van der Waals surface area contributed by atoms with E-state index in [0.717, 1.165) is 5.56 Å². The third-order valence-corrected chi connectivity index (χ3v) is 4.60. The second kappa shape index (κ2) is 6.96. The van der Waals surface area contributed by atoms with Crippen molar-refractivity contribution in [3.63, 3.8) is 0 Å². The molecule has 1 aliphatic rings. The van der Waals surface area contributed by atoms with E-state index in [1.54, 1.807) is 35.5 Å². The molecule has 7 nitrogen and oxygen atoms in total. The summed E-state index contributed by atoms with van der Waals surface area (Å²) in [5, 5.41) is 7.00. The van der Waals surface area contributed by atoms with Gasteiger partial charge in [-0.1, -0.05) is 12.1 Å². The zero-order valence-electron chi connectivity index (χ0n) is 14.3. The van der Waals surface area contributed by atoms with Gasteiger partial charge in [0.2, 0.25) is 11.6 Å². The van der Waals surface area contributed by atoms with Crippen LogP contribution in [0.1, 0.15) is 12.0 Å². The first-order chi connectivity index (χ1) is 13.2. The maximum atomic E-state index is 13.8. The molecule has 1 aliphatic heterocycles. The van der Waals surface area contributed by atoms with Crippen molar-refractivity contribution in [2.24, 2.45) is 5.92 Å². The van der Waals surface area contributed by atoms with Crippen molar-refractivity contribution in [1.82, 2.24) is 20.2 Å². The fraction of sp³-hybridized carbons (Fsp3) is 0.211. The van der Waals surface area contributed by atoms with Crippen LogP contribution in [0.5, 0.6) is 0 Å². The number of carbonyl (C=O) groups excluding carboxylic acids is 1. The van der Waals surface area contributed by atoms with Gasteiger partial charge in [-0.05, 0) is 36.6 Å². The van der Waals surface area contributed by atoms with E-state index in [9.17, 15) is 9.18 Å². The summed E-state index contributed by atoms with van der Waals surface area (Å²) in [6, 6.07) is 8.09. The number of H-pyrrole nitrogens is 1. The zero-order chi connectivity index (χ0) is 18.8. The first kappa shape index (κ1) is 16.8. The second-order valence-electron chi connectivity index (χ2n) is 6.30. The quantitative estimate of drug-likeness (QED) is 0.723. The first-order valence-electron chi connectivity index (χ1n) is 8.46. The number of aromatic nitrogens is 4. The minimum Gasteiger partial charge on any atom is -0.279 e. The number of rotatable bonds is 4. The van der Waals surface area contributed by atoms with E-state index in [1.807, 2.05) is 0 Å². The molecule has 1 saturated heterocycles. The molecule has 1 fully saturated rings. The van der Waals surface area contributed by atoms with Gasteiger partial charge in [-0.2, -0.15) is 4.98 Å². The largest absolute Gasteiger partial charge is 0.279 e. The average molecular weight is 362 g/mol. The summed E-state index contributed by atoms with van der Waals surface area (Å²) in [6.45, 7) is 7.41. The van der Waals surface area contributed by atoms with E-state index in [2.05, 4.69) is 25.0 Å². The lowest BCUT2D eigenvalue weighted by atomic mass is 9.98. The summed E-state index contributed by atoms with van der Waals surface area (Å²) in [5.41, 5.74) is 1.53. The predicted molar refractivity (Wildman–Crippen MR) is 96.4 cm³/mol. The number of carbonyl (C=O) groups is 1. The van der Waals surface area contributed by atoms with Crippen LogP contribution in [-0.2, 0) is 11.2 Å². The lowest BCUT2D eigenvalue weighted by molar-refractivity contribution is -0.120. The topological polar surface area (TPSA) is 79.1 Å². The number of nitrogens with zero attached hydrogens (tertiary/aromatic N) is 5. The molecule has 1 atom stereocenters. The molecule has 27 heavy (non-hydrogen) atoms. The molecule has 1 amide bonds. The van der Waals surface area contributed by atoms with Gasteiger partial charge in [-0.25, -0.2) is 9.24 Å². The molecule has 0 aliphatic carbocycles. The Morgan fingerprint density at radius 1 is 1.30 bits per heavy atom. The Bertz CT molecular complexity index is 1030. The van der Waals surface area contributed by atoms with Crippen molar-refractivity contribution >= 4 is 17.5 Å². The third-order valence-electron chi connectivity index (χ3n) is 4.60. The molecule has 0 spiro atoms. The summed E-state index contributed by atoms with van der Waals surface area (Å²) in [4.78, 5) is 25.8. The third kappa shape index (κ3) is 3.27. The van der Waals surface area contributed by atoms with Gasteiger partial charge in [0, 0.05) is 30.4 Å². The van der Waals surface area contributed by atoms with Gasteiger partial charge in [0.1, 0.15) is 5.82 Å². The van der Waals surface area contributed by atoms with Crippen molar-refractivity contribution in [3.8, 4) is 11.4 Å². The van der Waals surface area contributed by atoms with Crippen LogP contribution in [0.25, 0.3) is 16.2 Å². The number of pyridine rings is 1. The molecule has 0 bridgehead atoms. The van der Waals surface area contributed by atoms with Crippen LogP contribution in [-0.4, -0.2) is 32.6 Å². The van der Waals surface area contributed by atoms with Gasteiger partial charge >= 0.3 is 0 Å². The monoisotopic (exact) mass is 362 g/mol. The van der Waals surface area contributed by atoms with E-state index in [0.29, 0.717) is 36.7 Å². The van der Waals surface area contributed by atoms with E-state index < -0.39 is 5.82 Å². The molecule has 0 unspecified atom stereocenters. The minimum atomic E-state index is -0.555. The average Bonchev–Trinajstić information content (AvgIpc) is 3.30. The molecule has 2 aromatic heterocycles. The van der Waals surface area contributed by atoms with Gasteiger partial charge < -0.3 is 0 Å². The molecular weight excluding hydrogens is 347 g/mol. The van der Waals surface area contributed by atoms with Crippen molar-refractivity contribution in [2.45, 2.75) is 12.8 Å². The lowest BCUT2D eigenvalue weighted by Crippen LogP contribution is -2.28. The van der Waals surface area contributed by atoms with E-state index >= 15 is 0 Å². The van der Waals surface area contributed by atoms with Crippen LogP contribution in [0.2, 0.25) is 0 Å². The Morgan fingerprint density at radius 2 is 2.11 bits per heavy atom. The summed E-state index contributed by atoms with van der Waals surface area (Å²) in [7, 11) is 0. The molecule has 8 heteroatoms.